The number of halogens is 1. The Labute approximate surface area is 191 Å². The van der Waals surface area contributed by atoms with Crippen LogP contribution in [-0.4, -0.2) is 63.2 Å². The summed E-state index contributed by atoms with van der Waals surface area (Å²) in [6.45, 7) is 2.92. The third kappa shape index (κ3) is 3.89. The first-order chi connectivity index (χ1) is 15.3. The minimum Gasteiger partial charge on any atom is -0.505 e. The fourth-order valence-corrected chi connectivity index (χ4v) is 4.31. The Morgan fingerprint density at radius 1 is 1.16 bits per heavy atom. The Bertz CT molecular complexity index is 1210. The molecular weight excluding hydrogens is 428 g/mol. The number of benzene rings is 1. The molecule has 1 aromatic carbocycles. The van der Waals surface area contributed by atoms with Crippen LogP contribution in [0.3, 0.4) is 0 Å². The second kappa shape index (κ2) is 8.76. The molecule has 1 saturated heterocycles. The number of aliphatic hydroxyl groups is 1. The van der Waals surface area contributed by atoms with E-state index in [1.54, 1.807) is 46.7 Å². The molecule has 1 aliphatic heterocycles. The van der Waals surface area contributed by atoms with E-state index in [-0.39, 0.29) is 11.3 Å². The van der Waals surface area contributed by atoms with Gasteiger partial charge in [0.2, 0.25) is 0 Å². The van der Waals surface area contributed by atoms with Gasteiger partial charge in [0.25, 0.3) is 11.7 Å². The van der Waals surface area contributed by atoms with Crippen molar-refractivity contribution in [2.24, 2.45) is 0 Å². The molecule has 166 valence electrons. The van der Waals surface area contributed by atoms with E-state index in [4.69, 9.17) is 11.6 Å². The van der Waals surface area contributed by atoms with Crippen LogP contribution in [0.2, 0.25) is 5.02 Å². The second-order valence-electron chi connectivity index (χ2n) is 8.18. The van der Waals surface area contributed by atoms with Gasteiger partial charge in [-0.05, 0) is 63.8 Å². The molecular formula is C24H25ClN4O3. The lowest BCUT2D eigenvalue weighted by atomic mass is 9.96. The van der Waals surface area contributed by atoms with Gasteiger partial charge >= 0.3 is 0 Å². The van der Waals surface area contributed by atoms with Crippen molar-refractivity contribution in [1.82, 2.24) is 19.2 Å². The molecule has 3 aromatic rings. The number of Topliss-reactive ketones (excluding diaryl/α,β-unsaturated/α-hetero) is 1. The molecule has 0 bridgehead atoms. The molecule has 1 fully saturated rings. The summed E-state index contributed by atoms with van der Waals surface area (Å²) in [7, 11) is 3.91. The molecule has 1 atom stereocenters. The normalized spacial score (nSPS) is 18.3. The average Bonchev–Trinajstić information content (AvgIpc) is 3.22. The van der Waals surface area contributed by atoms with E-state index in [1.165, 1.54) is 0 Å². The maximum Gasteiger partial charge on any atom is 0.295 e. The number of likely N-dealkylation sites (tertiary alicyclic amines) is 1. The van der Waals surface area contributed by atoms with E-state index in [1.807, 2.05) is 37.2 Å². The maximum atomic E-state index is 13.2. The minimum atomic E-state index is -0.705. The first-order valence-electron chi connectivity index (χ1n) is 10.4. The summed E-state index contributed by atoms with van der Waals surface area (Å²) in [5.41, 5.74) is 2.41. The first kappa shape index (κ1) is 22.0. The molecule has 4 rings (SSSR count). The molecule has 3 heterocycles. The van der Waals surface area contributed by atoms with Gasteiger partial charge in [0, 0.05) is 17.8 Å². The average molecular weight is 453 g/mol. The van der Waals surface area contributed by atoms with Crippen molar-refractivity contribution in [1.29, 1.82) is 0 Å². The number of hydrogen-bond donors (Lipinski definition) is 1. The predicted octanol–water partition coefficient (Wildman–Crippen LogP) is 3.67. The number of hydrogen-bond acceptors (Lipinski definition) is 5. The monoisotopic (exact) mass is 452 g/mol. The quantitative estimate of drug-likeness (QED) is 0.351. The smallest absolute Gasteiger partial charge is 0.295 e. The van der Waals surface area contributed by atoms with Crippen LogP contribution in [0.1, 0.15) is 29.4 Å². The molecule has 0 saturated carbocycles. The molecule has 0 aliphatic carbocycles. The van der Waals surface area contributed by atoms with Crippen molar-refractivity contribution in [3.8, 4) is 0 Å². The topological polar surface area (TPSA) is 78.1 Å². The number of aliphatic hydroxyl groups excluding tert-OH is 1. The van der Waals surface area contributed by atoms with Gasteiger partial charge in [0.15, 0.2) is 5.76 Å². The molecule has 0 radical (unpaired) electrons. The summed E-state index contributed by atoms with van der Waals surface area (Å²) in [6.07, 6.45) is 2.47. The van der Waals surface area contributed by atoms with Crippen LogP contribution in [0.4, 0.5) is 0 Å². The van der Waals surface area contributed by atoms with Gasteiger partial charge in [-0.1, -0.05) is 29.8 Å². The molecule has 2 aromatic heterocycles. The van der Waals surface area contributed by atoms with Gasteiger partial charge in [-0.3, -0.25) is 14.0 Å². The maximum absolute atomic E-state index is 13.2. The van der Waals surface area contributed by atoms with E-state index in [2.05, 4.69) is 4.98 Å². The highest BCUT2D eigenvalue weighted by Gasteiger charge is 2.46. The molecule has 0 spiro atoms. The zero-order valence-corrected chi connectivity index (χ0v) is 19.0. The number of carbonyl (C=O) groups is 2. The predicted molar refractivity (Wildman–Crippen MR) is 124 cm³/mol. The van der Waals surface area contributed by atoms with Crippen LogP contribution in [-0.2, 0) is 9.59 Å². The SMILES string of the molecule is Cc1nc2ccccn2c1C(O)=C1C(=O)C(=O)N(CCCN(C)C)C1c1ccc(Cl)cc1. The highest BCUT2D eigenvalue weighted by Crippen LogP contribution is 2.40. The number of amides is 1. The van der Waals surface area contributed by atoms with Crippen LogP contribution in [0.15, 0.2) is 54.2 Å². The number of aryl methyl sites for hydroxylation is 1. The third-order valence-electron chi connectivity index (χ3n) is 5.66. The van der Waals surface area contributed by atoms with Crippen LogP contribution in [0.5, 0.6) is 0 Å². The van der Waals surface area contributed by atoms with Crippen molar-refractivity contribution < 1.29 is 14.7 Å². The van der Waals surface area contributed by atoms with Gasteiger partial charge in [0.05, 0.1) is 17.3 Å². The zero-order valence-electron chi connectivity index (χ0n) is 18.2. The zero-order chi connectivity index (χ0) is 23.0. The first-order valence-corrected chi connectivity index (χ1v) is 10.8. The van der Waals surface area contributed by atoms with Gasteiger partial charge < -0.3 is 14.9 Å². The Kier molecular flexibility index (Phi) is 6.04. The Balaban J connectivity index is 1.87. The summed E-state index contributed by atoms with van der Waals surface area (Å²) >= 11 is 6.07. The van der Waals surface area contributed by atoms with E-state index in [0.29, 0.717) is 40.6 Å². The molecule has 1 N–H and O–H groups in total. The van der Waals surface area contributed by atoms with E-state index >= 15 is 0 Å². The van der Waals surface area contributed by atoms with Crippen LogP contribution in [0.25, 0.3) is 11.4 Å². The number of nitrogens with zero attached hydrogens (tertiary/aromatic N) is 4. The summed E-state index contributed by atoms with van der Waals surface area (Å²) in [5.74, 6) is -1.54. The molecule has 32 heavy (non-hydrogen) atoms. The molecule has 1 unspecified atom stereocenters. The van der Waals surface area contributed by atoms with E-state index in [0.717, 1.165) is 6.54 Å². The molecule has 1 aliphatic rings. The number of pyridine rings is 1. The highest BCUT2D eigenvalue weighted by molar-refractivity contribution is 6.46. The van der Waals surface area contributed by atoms with Gasteiger partial charge in [-0.15, -0.1) is 0 Å². The second-order valence-corrected chi connectivity index (χ2v) is 8.61. The van der Waals surface area contributed by atoms with Crippen molar-refractivity contribution in [2.45, 2.75) is 19.4 Å². The fourth-order valence-electron chi connectivity index (χ4n) is 4.19. The van der Waals surface area contributed by atoms with Gasteiger partial charge in [-0.25, -0.2) is 4.98 Å². The highest BCUT2D eigenvalue weighted by atomic mass is 35.5. The summed E-state index contributed by atoms with van der Waals surface area (Å²) in [5, 5.41) is 11.9. The lowest BCUT2D eigenvalue weighted by Gasteiger charge is -2.26. The summed E-state index contributed by atoms with van der Waals surface area (Å²) < 4.78 is 1.73. The minimum absolute atomic E-state index is 0.0657. The van der Waals surface area contributed by atoms with Gasteiger partial charge in [-0.2, -0.15) is 0 Å². The van der Waals surface area contributed by atoms with Crippen LogP contribution < -0.4 is 0 Å². The summed E-state index contributed by atoms with van der Waals surface area (Å²) in [4.78, 5) is 34.3. The molecule has 7 nitrogen and oxygen atoms in total. The van der Waals surface area contributed by atoms with Crippen LogP contribution in [0, 0.1) is 6.92 Å². The number of fused-ring (bicyclic) bond motifs is 1. The Hall–Kier alpha value is -3.16. The third-order valence-corrected chi connectivity index (χ3v) is 5.91. The van der Waals surface area contributed by atoms with Crippen molar-refractivity contribution in [3.63, 3.8) is 0 Å². The Morgan fingerprint density at radius 2 is 1.88 bits per heavy atom. The lowest BCUT2D eigenvalue weighted by Crippen LogP contribution is -2.32. The van der Waals surface area contributed by atoms with Crippen LogP contribution >= 0.6 is 11.6 Å². The molecule has 8 heteroatoms. The number of carbonyl (C=O) groups excluding carboxylic acids is 2. The Morgan fingerprint density at radius 3 is 2.56 bits per heavy atom. The molecule has 1 amide bonds. The van der Waals surface area contributed by atoms with Crippen molar-refractivity contribution in [2.75, 3.05) is 27.2 Å². The number of rotatable bonds is 6. The lowest BCUT2D eigenvalue weighted by molar-refractivity contribution is -0.139. The van der Waals surface area contributed by atoms with E-state index < -0.39 is 17.7 Å². The fraction of sp³-hybridized carbons (Fsp3) is 0.292. The summed E-state index contributed by atoms with van der Waals surface area (Å²) in [6, 6.07) is 11.8. The van der Waals surface area contributed by atoms with Crippen molar-refractivity contribution in [3.05, 3.63) is 76.2 Å². The standard InChI is InChI=1S/C24H25ClN4O3/c1-15-20(28-13-5-4-7-18(28)26-15)22(30)19-21(16-8-10-17(25)11-9-16)29(24(32)23(19)31)14-6-12-27(2)3/h4-5,7-11,13,21,30H,6,12,14H2,1-3H3. The van der Waals surface area contributed by atoms with Crippen molar-refractivity contribution >= 4 is 34.7 Å². The number of imidazole rings is 1. The number of ketones is 1. The van der Waals surface area contributed by atoms with E-state index in [9.17, 15) is 14.7 Å². The number of aromatic nitrogens is 2. The van der Waals surface area contributed by atoms with Gasteiger partial charge in [0.1, 0.15) is 11.3 Å². The largest absolute Gasteiger partial charge is 0.505 e.